The van der Waals surface area contributed by atoms with Gasteiger partial charge in [-0.3, -0.25) is 9.57 Å². The molecule has 2 aromatic heterocycles. The van der Waals surface area contributed by atoms with Crippen LogP contribution < -0.4 is 4.90 Å². The molecule has 222 valence electrons. The fraction of sp³-hybridized carbons (Fsp3) is 0.484. The van der Waals surface area contributed by atoms with Crippen LogP contribution >= 0.6 is 0 Å². The average molecular weight is 595 g/mol. The summed E-state index contributed by atoms with van der Waals surface area (Å²) in [4.78, 5) is 19.9. The molecular weight excluding hydrogens is 558 g/mol. The minimum atomic E-state index is -2.51. The second-order valence-corrected chi connectivity index (χ2v) is 14.1. The van der Waals surface area contributed by atoms with E-state index >= 15 is 0 Å². The highest BCUT2D eigenvalue weighted by Crippen LogP contribution is 2.44. The normalized spacial score (nSPS) is 23.0. The van der Waals surface area contributed by atoms with Crippen molar-refractivity contribution in [3.05, 3.63) is 60.3 Å². The van der Waals surface area contributed by atoms with Crippen LogP contribution in [-0.4, -0.2) is 55.5 Å². The summed E-state index contributed by atoms with van der Waals surface area (Å²) < 4.78 is 50.9. The topological polar surface area (TPSA) is 116 Å². The molecule has 42 heavy (non-hydrogen) atoms. The van der Waals surface area contributed by atoms with Gasteiger partial charge >= 0.3 is 0 Å². The lowest BCUT2D eigenvalue weighted by molar-refractivity contribution is -0.126. The molecule has 3 aromatic rings. The highest BCUT2D eigenvalue weighted by atomic mass is 32.2. The number of anilines is 1. The summed E-state index contributed by atoms with van der Waals surface area (Å²) in [6.07, 6.45) is 2.90. The van der Waals surface area contributed by atoms with Crippen molar-refractivity contribution in [1.82, 2.24) is 14.8 Å². The lowest BCUT2D eigenvalue weighted by Gasteiger charge is -2.33. The van der Waals surface area contributed by atoms with Crippen LogP contribution in [0.25, 0.3) is 16.9 Å². The quantitative estimate of drug-likeness (QED) is 0.346. The summed E-state index contributed by atoms with van der Waals surface area (Å²) in [6.45, 7) is 4.88. The van der Waals surface area contributed by atoms with E-state index in [9.17, 15) is 23.0 Å². The van der Waals surface area contributed by atoms with Crippen LogP contribution in [0.4, 0.5) is 14.5 Å². The molecule has 11 heteroatoms. The Kier molecular flexibility index (Phi) is 8.73. The van der Waals surface area contributed by atoms with E-state index in [2.05, 4.69) is 16.0 Å². The summed E-state index contributed by atoms with van der Waals surface area (Å²) in [6, 6.07) is 12.8. The molecule has 2 fully saturated rings. The van der Waals surface area contributed by atoms with Gasteiger partial charge in [-0.15, -0.1) is 0 Å². The zero-order valence-corrected chi connectivity index (χ0v) is 24.7. The Morgan fingerprint density at radius 2 is 1.90 bits per heavy atom. The molecule has 0 unspecified atom stereocenters. The fourth-order valence-corrected chi connectivity index (χ4v) is 7.21. The molecular formula is C31H36F2N6O2S. The third-order valence-electron chi connectivity index (χ3n) is 8.57. The van der Waals surface area contributed by atoms with Gasteiger partial charge in [0.15, 0.2) is 11.6 Å². The first kappa shape index (κ1) is 29.8. The summed E-state index contributed by atoms with van der Waals surface area (Å²) in [7, 11) is -2.51. The maximum atomic E-state index is 14.8. The number of halogens is 2. The number of pyridine rings is 1. The third kappa shape index (κ3) is 6.38. The van der Waals surface area contributed by atoms with E-state index in [1.807, 2.05) is 38.1 Å². The number of nitriles is 1. The van der Waals surface area contributed by atoms with Crippen LogP contribution in [-0.2, 0) is 14.5 Å². The number of rotatable bonds is 8. The van der Waals surface area contributed by atoms with Gasteiger partial charge in [-0.1, -0.05) is 26.0 Å². The van der Waals surface area contributed by atoms with E-state index in [0.717, 1.165) is 11.3 Å². The SMILES string of the molecule is CC(C)[C@@H](C#N)CC(=O)[C@@H]1C[C@@H](F)CC[C@H]1c1nn(-c2ncccc2F)cc1-c1ccc(N2CCS(=N)(=O)CC2)cc1. The highest BCUT2D eigenvalue weighted by molar-refractivity contribution is 7.92. The van der Waals surface area contributed by atoms with Crippen LogP contribution in [0.2, 0.25) is 0 Å². The van der Waals surface area contributed by atoms with Crippen molar-refractivity contribution in [3.8, 4) is 23.0 Å². The molecule has 1 aromatic carbocycles. The Labute approximate surface area is 245 Å². The van der Waals surface area contributed by atoms with Crippen LogP contribution in [0.3, 0.4) is 0 Å². The van der Waals surface area contributed by atoms with E-state index in [0.29, 0.717) is 42.3 Å². The number of ketones is 1. The fourth-order valence-electron chi connectivity index (χ4n) is 5.98. The van der Waals surface area contributed by atoms with Crippen LogP contribution in [0.15, 0.2) is 48.8 Å². The molecule has 0 amide bonds. The van der Waals surface area contributed by atoms with Gasteiger partial charge in [0.1, 0.15) is 12.0 Å². The summed E-state index contributed by atoms with van der Waals surface area (Å²) in [5.74, 6) is -1.50. The van der Waals surface area contributed by atoms with Gasteiger partial charge in [-0.2, -0.15) is 10.4 Å². The molecule has 0 radical (unpaired) electrons. The molecule has 1 saturated carbocycles. The number of benzene rings is 1. The van der Waals surface area contributed by atoms with Gasteiger partial charge in [0.25, 0.3) is 0 Å². The molecule has 2 aliphatic rings. The number of hydrogen-bond acceptors (Lipinski definition) is 7. The second kappa shape index (κ2) is 12.3. The Bertz CT molecular complexity index is 1570. The van der Waals surface area contributed by atoms with Gasteiger partial charge in [0.05, 0.1) is 17.7 Å². The standard InChI is InChI=1S/C31H36F2N6O2S/c1-20(2)22(18-34)16-29(40)26-17-23(32)7-10-25(26)30-27(19-39(37-30)31-28(33)4-3-11-36-31)21-5-8-24(9-6-21)38-12-14-42(35,41)15-13-38/h3-6,8-9,11,19-20,22-23,25-26,35H,7,10,12-17H2,1-2H3/t22-,23+,25-,26-/m1/s1. The number of alkyl halides is 1. The van der Waals surface area contributed by atoms with Crippen molar-refractivity contribution >= 4 is 21.2 Å². The number of hydrogen-bond donors (Lipinski definition) is 1. The van der Waals surface area contributed by atoms with Crippen molar-refractivity contribution in [2.75, 3.05) is 29.5 Å². The smallest absolute Gasteiger partial charge is 0.189 e. The number of carbonyl (C=O) groups is 1. The van der Waals surface area contributed by atoms with Gasteiger partial charge in [0, 0.05) is 76.2 Å². The van der Waals surface area contributed by atoms with E-state index in [-0.39, 0.29) is 36.8 Å². The van der Waals surface area contributed by atoms with Crippen molar-refractivity contribution < 1.29 is 17.8 Å². The highest BCUT2D eigenvalue weighted by Gasteiger charge is 2.39. The first-order valence-corrected chi connectivity index (χ1v) is 16.3. The van der Waals surface area contributed by atoms with Gasteiger partial charge in [-0.25, -0.2) is 22.7 Å². The lowest BCUT2D eigenvalue weighted by Crippen LogP contribution is -2.39. The summed E-state index contributed by atoms with van der Waals surface area (Å²) in [5, 5.41) is 14.4. The molecule has 1 saturated heterocycles. The van der Waals surface area contributed by atoms with Gasteiger partial charge in [-0.05, 0) is 55.0 Å². The third-order valence-corrected chi connectivity index (χ3v) is 10.3. The second-order valence-electron chi connectivity index (χ2n) is 11.7. The number of aromatic nitrogens is 3. The summed E-state index contributed by atoms with van der Waals surface area (Å²) in [5.41, 5.74) is 3.05. The van der Waals surface area contributed by atoms with E-state index in [4.69, 9.17) is 9.88 Å². The van der Waals surface area contributed by atoms with Crippen LogP contribution in [0.1, 0.15) is 51.1 Å². The maximum Gasteiger partial charge on any atom is 0.189 e. The molecule has 0 bridgehead atoms. The Morgan fingerprint density at radius 1 is 1.19 bits per heavy atom. The number of carbonyl (C=O) groups excluding carboxylic acids is 1. The van der Waals surface area contributed by atoms with Crippen molar-refractivity contribution in [2.24, 2.45) is 17.8 Å². The van der Waals surface area contributed by atoms with Crippen molar-refractivity contribution in [3.63, 3.8) is 0 Å². The Balaban J connectivity index is 1.53. The van der Waals surface area contributed by atoms with Crippen LogP contribution in [0, 0.1) is 39.7 Å². The largest absolute Gasteiger partial charge is 0.370 e. The predicted molar refractivity (Wildman–Crippen MR) is 158 cm³/mol. The molecule has 0 spiro atoms. The summed E-state index contributed by atoms with van der Waals surface area (Å²) >= 11 is 0. The zero-order chi connectivity index (χ0) is 30.0. The minimum absolute atomic E-state index is 0.00457. The minimum Gasteiger partial charge on any atom is -0.370 e. The van der Waals surface area contributed by atoms with Crippen molar-refractivity contribution in [1.29, 1.82) is 10.0 Å². The van der Waals surface area contributed by atoms with Gasteiger partial charge < -0.3 is 4.90 Å². The molecule has 1 aliphatic carbocycles. The number of nitrogens with zero attached hydrogens (tertiary/aromatic N) is 5. The maximum absolute atomic E-state index is 14.8. The Morgan fingerprint density at radius 3 is 2.55 bits per heavy atom. The average Bonchev–Trinajstić information content (AvgIpc) is 3.41. The molecule has 3 heterocycles. The van der Waals surface area contributed by atoms with E-state index in [1.165, 1.54) is 23.0 Å². The monoisotopic (exact) mass is 594 g/mol. The predicted octanol–water partition coefficient (Wildman–Crippen LogP) is 5.92. The molecule has 1 aliphatic heterocycles. The molecule has 1 N–H and O–H groups in total. The zero-order valence-electron chi connectivity index (χ0n) is 23.9. The Hall–Kier alpha value is -3.65. The first-order chi connectivity index (χ1) is 20.1. The van der Waals surface area contributed by atoms with Crippen LogP contribution in [0.5, 0.6) is 0 Å². The molecule has 4 atom stereocenters. The first-order valence-electron chi connectivity index (χ1n) is 14.4. The molecule has 8 nitrogen and oxygen atoms in total. The van der Waals surface area contributed by atoms with Crippen molar-refractivity contribution in [2.45, 2.75) is 51.6 Å². The van der Waals surface area contributed by atoms with E-state index < -0.39 is 39.5 Å². The van der Waals surface area contributed by atoms with E-state index in [1.54, 1.807) is 6.20 Å². The molecule has 5 rings (SSSR count). The number of Topliss-reactive ketones (excluding diaryl/α,β-unsaturated/α-hetero) is 1. The lowest BCUT2D eigenvalue weighted by atomic mass is 9.71. The van der Waals surface area contributed by atoms with Gasteiger partial charge in [0.2, 0.25) is 0 Å². The number of nitrogens with one attached hydrogen (secondary N) is 1.